The highest BCUT2D eigenvalue weighted by Gasteiger charge is 2.68. The van der Waals surface area contributed by atoms with Crippen LogP contribution in [0.1, 0.15) is 131 Å². The first-order valence-electron chi connectivity index (χ1n) is 16.4. The van der Waals surface area contributed by atoms with Gasteiger partial charge in [-0.3, -0.25) is 4.79 Å². The Labute approximate surface area is 233 Å². The average molecular weight is 530 g/mol. The van der Waals surface area contributed by atoms with Crippen LogP contribution < -0.4 is 5.32 Å². The molecule has 0 bridgehead atoms. The number of hydrogen-bond acceptors (Lipinski definition) is 3. The third-order valence-electron chi connectivity index (χ3n) is 12.0. The molecule has 4 rings (SSSR count). The number of aliphatic hydroxyl groups is 2. The summed E-state index contributed by atoms with van der Waals surface area (Å²) in [5, 5.41) is 26.1. The molecule has 0 spiro atoms. The highest BCUT2D eigenvalue weighted by molar-refractivity contribution is 5.86. The molecule has 38 heavy (non-hydrogen) atoms. The Morgan fingerprint density at radius 3 is 2.53 bits per heavy atom. The fourth-order valence-electron chi connectivity index (χ4n) is 10.0. The van der Waals surface area contributed by atoms with Gasteiger partial charge in [-0.25, -0.2) is 0 Å². The van der Waals surface area contributed by atoms with Gasteiger partial charge in [0.25, 0.3) is 5.91 Å². The van der Waals surface area contributed by atoms with Gasteiger partial charge in [-0.1, -0.05) is 91.7 Å². The van der Waals surface area contributed by atoms with Crippen LogP contribution in [-0.2, 0) is 4.79 Å². The maximum absolute atomic E-state index is 13.9. The standard InChI is InChI=1S/C34H59NO3/c1-7-8-9-10-20-35-31(37)34(38)22-29-27-15-14-25-21-26(36)16-18-32(25,5)28(27)17-19-33(29,6)30(34)24(4)13-11-12-23(2)3/h14,23-24,26-30,36,38H,7-13,15-22H2,1-6H3,(H,35,37)/t24-,26+,27-,28+,29+,30-,32+,33+,34?/m1/s1. The lowest BCUT2D eigenvalue weighted by atomic mass is 9.47. The number of rotatable bonds is 11. The van der Waals surface area contributed by atoms with Crippen molar-refractivity contribution in [3.8, 4) is 0 Å². The van der Waals surface area contributed by atoms with E-state index in [2.05, 4.69) is 52.9 Å². The van der Waals surface area contributed by atoms with Gasteiger partial charge in [0.15, 0.2) is 0 Å². The van der Waals surface area contributed by atoms with Gasteiger partial charge in [0.05, 0.1) is 6.10 Å². The van der Waals surface area contributed by atoms with Crippen molar-refractivity contribution in [2.75, 3.05) is 6.54 Å². The van der Waals surface area contributed by atoms with Gasteiger partial charge in [-0.05, 0) is 91.8 Å². The molecular formula is C34H59NO3. The van der Waals surface area contributed by atoms with E-state index in [0.717, 1.165) is 51.4 Å². The minimum Gasteiger partial charge on any atom is -0.393 e. The molecule has 0 aliphatic heterocycles. The van der Waals surface area contributed by atoms with E-state index in [4.69, 9.17) is 0 Å². The molecule has 4 aliphatic rings. The van der Waals surface area contributed by atoms with Crippen molar-refractivity contribution >= 4 is 5.91 Å². The molecule has 218 valence electrons. The Morgan fingerprint density at radius 2 is 1.82 bits per heavy atom. The topological polar surface area (TPSA) is 69.6 Å². The lowest BCUT2D eigenvalue weighted by Gasteiger charge is -2.58. The molecule has 1 unspecified atom stereocenters. The minimum atomic E-state index is -1.27. The first-order valence-corrected chi connectivity index (χ1v) is 16.4. The molecule has 0 aromatic carbocycles. The van der Waals surface area contributed by atoms with Crippen molar-refractivity contribution in [1.82, 2.24) is 5.32 Å². The van der Waals surface area contributed by atoms with Crippen LogP contribution >= 0.6 is 0 Å². The van der Waals surface area contributed by atoms with Gasteiger partial charge < -0.3 is 15.5 Å². The molecule has 1 amide bonds. The third-order valence-corrected chi connectivity index (χ3v) is 12.0. The Balaban J connectivity index is 1.60. The summed E-state index contributed by atoms with van der Waals surface area (Å²) in [7, 11) is 0. The number of amides is 1. The van der Waals surface area contributed by atoms with Crippen molar-refractivity contribution in [3.63, 3.8) is 0 Å². The summed E-state index contributed by atoms with van der Waals surface area (Å²) < 4.78 is 0. The number of fused-ring (bicyclic) bond motifs is 5. The van der Waals surface area contributed by atoms with Gasteiger partial charge in [-0.15, -0.1) is 0 Å². The fourth-order valence-corrected chi connectivity index (χ4v) is 10.0. The number of unbranched alkanes of at least 4 members (excludes halogenated alkanes) is 3. The van der Waals surface area contributed by atoms with E-state index in [-0.39, 0.29) is 28.8 Å². The first kappa shape index (κ1) is 30.1. The van der Waals surface area contributed by atoms with Gasteiger partial charge in [0.1, 0.15) is 5.60 Å². The van der Waals surface area contributed by atoms with Crippen molar-refractivity contribution in [1.29, 1.82) is 0 Å². The summed E-state index contributed by atoms with van der Waals surface area (Å²) in [5.74, 6) is 2.42. The molecule has 4 nitrogen and oxygen atoms in total. The lowest BCUT2D eigenvalue weighted by molar-refractivity contribution is -0.150. The van der Waals surface area contributed by atoms with Gasteiger partial charge >= 0.3 is 0 Å². The summed E-state index contributed by atoms with van der Waals surface area (Å²) in [6.45, 7) is 14.7. The van der Waals surface area contributed by atoms with Gasteiger partial charge in [-0.2, -0.15) is 0 Å². The van der Waals surface area contributed by atoms with E-state index in [1.165, 1.54) is 37.7 Å². The fraction of sp³-hybridized carbons (Fsp3) is 0.912. The maximum atomic E-state index is 13.9. The van der Waals surface area contributed by atoms with E-state index >= 15 is 0 Å². The van der Waals surface area contributed by atoms with E-state index in [1.54, 1.807) is 0 Å². The lowest BCUT2D eigenvalue weighted by Crippen LogP contribution is -2.54. The zero-order chi connectivity index (χ0) is 27.7. The zero-order valence-electron chi connectivity index (χ0n) is 25.5. The monoisotopic (exact) mass is 529 g/mol. The Bertz CT molecular complexity index is 853. The average Bonchev–Trinajstić information content (AvgIpc) is 3.11. The molecule has 3 fully saturated rings. The molecule has 9 atom stereocenters. The summed E-state index contributed by atoms with van der Waals surface area (Å²) in [6.07, 6.45) is 17.0. The second kappa shape index (κ2) is 11.9. The molecule has 4 aliphatic carbocycles. The van der Waals surface area contributed by atoms with Crippen molar-refractivity contribution in [3.05, 3.63) is 11.6 Å². The molecule has 0 saturated heterocycles. The predicted octanol–water partition coefficient (Wildman–Crippen LogP) is 7.43. The Morgan fingerprint density at radius 1 is 1.05 bits per heavy atom. The molecular weight excluding hydrogens is 470 g/mol. The summed E-state index contributed by atoms with van der Waals surface area (Å²) in [5.41, 5.74) is 0.370. The van der Waals surface area contributed by atoms with E-state index in [9.17, 15) is 15.0 Å². The SMILES string of the molecule is CCCCCCNC(=O)C1(O)C[C@H]2[C@@H]3CC=C4C[C@@H](O)CC[C@]4(C)[C@H]3CC[C@]2(C)[C@H]1[C@H](C)CCCC(C)C. The number of aliphatic hydroxyl groups excluding tert-OH is 1. The quantitative estimate of drug-likeness (QED) is 0.193. The summed E-state index contributed by atoms with van der Waals surface area (Å²) in [4.78, 5) is 13.9. The van der Waals surface area contributed by atoms with E-state index < -0.39 is 5.60 Å². The van der Waals surface area contributed by atoms with E-state index in [1.807, 2.05) is 0 Å². The van der Waals surface area contributed by atoms with Crippen molar-refractivity contribution < 1.29 is 15.0 Å². The van der Waals surface area contributed by atoms with Crippen molar-refractivity contribution in [2.45, 2.75) is 143 Å². The molecule has 3 N–H and O–H groups in total. The largest absolute Gasteiger partial charge is 0.393 e. The maximum Gasteiger partial charge on any atom is 0.252 e. The molecule has 4 heteroatoms. The minimum absolute atomic E-state index is 0.00937. The first-order chi connectivity index (χ1) is 18.0. The number of carbonyl (C=O) groups excluding carboxylic acids is 1. The molecule has 0 aromatic rings. The molecule has 3 saturated carbocycles. The third kappa shape index (κ3) is 5.52. The van der Waals surface area contributed by atoms with Crippen LogP contribution in [0.5, 0.6) is 0 Å². The van der Waals surface area contributed by atoms with Gasteiger partial charge in [0, 0.05) is 12.5 Å². The molecule has 0 aromatic heterocycles. The van der Waals surface area contributed by atoms with Crippen LogP contribution in [0, 0.1) is 46.3 Å². The molecule has 0 radical (unpaired) electrons. The second-order valence-corrected chi connectivity index (χ2v) is 14.9. The molecule has 0 heterocycles. The van der Waals surface area contributed by atoms with Crippen LogP contribution in [-0.4, -0.2) is 34.4 Å². The number of carbonyl (C=O) groups is 1. The second-order valence-electron chi connectivity index (χ2n) is 14.9. The van der Waals surface area contributed by atoms with Crippen LogP contribution in [0.4, 0.5) is 0 Å². The van der Waals surface area contributed by atoms with E-state index in [0.29, 0.717) is 42.6 Å². The van der Waals surface area contributed by atoms with Gasteiger partial charge in [0.2, 0.25) is 0 Å². The Kier molecular flexibility index (Phi) is 9.45. The van der Waals surface area contributed by atoms with Crippen molar-refractivity contribution in [2.24, 2.45) is 46.3 Å². The zero-order valence-corrected chi connectivity index (χ0v) is 25.5. The summed E-state index contributed by atoms with van der Waals surface area (Å²) >= 11 is 0. The highest BCUT2D eigenvalue weighted by atomic mass is 16.3. The Hall–Kier alpha value is -0.870. The smallest absolute Gasteiger partial charge is 0.252 e. The number of allylic oxidation sites excluding steroid dienone is 1. The predicted molar refractivity (Wildman–Crippen MR) is 157 cm³/mol. The highest BCUT2D eigenvalue weighted by Crippen LogP contribution is 2.69. The van der Waals surface area contributed by atoms with Crippen LogP contribution in [0.15, 0.2) is 11.6 Å². The van der Waals surface area contributed by atoms with Crippen LogP contribution in [0.25, 0.3) is 0 Å². The number of nitrogens with one attached hydrogen (secondary N) is 1. The van der Waals surface area contributed by atoms with Crippen LogP contribution in [0.2, 0.25) is 0 Å². The van der Waals surface area contributed by atoms with Crippen LogP contribution in [0.3, 0.4) is 0 Å². The normalized spacial score (nSPS) is 41.2. The summed E-state index contributed by atoms with van der Waals surface area (Å²) in [6, 6.07) is 0. The number of hydrogen-bond donors (Lipinski definition) is 3.